The molecule has 21 heavy (non-hydrogen) atoms. The molecule has 1 aromatic carbocycles. The van der Waals surface area contributed by atoms with Crippen molar-refractivity contribution in [3.05, 3.63) is 36.2 Å². The number of benzene rings is 1. The number of nitrogens with one attached hydrogen (secondary N) is 1. The van der Waals surface area contributed by atoms with Crippen LogP contribution in [0.5, 0.6) is 0 Å². The zero-order valence-electron chi connectivity index (χ0n) is 12.1. The molecule has 0 saturated carbocycles. The van der Waals surface area contributed by atoms with Crippen molar-refractivity contribution in [1.29, 1.82) is 0 Å². The number of aliphatic hydroxyl groups is 1. The van der Waals surface area contributed by atoms with E-state index in [1.165, 1.54) is 6.39 Å². The number of nitrogens with zero attached hydrogens (tertiary/aromatic N) is 2. The van der Waals surface area contributed by atoms with Crippen LogP contribution in [-0.2, 0) is 0 Å². The number of aliphatic hydroxyl groups excluding tert-OH is 1. The normalized spacial score (nSPS) is 13.7. The number of hydrogen-bond acceptors (Lipinski definition) is 5. The minimum absolute atomic E-state index is 0.132. The number of carbonyl (C=O) groups excluding carboxylic acids is 1. The molecule has 0 aliphatic rings. The Morgan fingerprint density at radius 1 is 1.33 bits per heavy atom. The zero-order valence-corrected chi connectivity index (χ0v) is 12.1. The fourth-order valence-corrected chi connectivity index (χ4v) is 2.10. The van der Waals surface area contributed by atoms with E-state index < -0.39 is 0 Å². The Hall–Kier alpha value is -2.21. The molecule has 0 radical (unpaired) electrons. The van der Waals surface area contributed by atoms with Gasteiger partial charge in [-0.3, -0.25) is 4.79 Å². The van der Waals surface area contributed by atoms with Crippen molar-refractivity contribution >= 4 is 5.91 Å². The van der Waals surface area contributed by atoms with Gasteiger partial charge in [0, 0.05) is 17.7 Å². The van der Waals surface area contributed by atoms with Crippen molar-refractivity contribution in [2.45, 2.75) is 26.4 Å². The predicted molar refractivity (Wildman–Crippen MR) is 77.5 cm³/mol. The lowest BCUT2D eigenvalue weighted by Crippen LogP contribution is -2.29. The molecule has 0 fully saturated rings. The topological polar surface area (TPSA) is 88.2 Å². The van der Waals surface area contributed by atoms with Gasteiger partial charge in [0.2, 0.25) is 12.2 Å². The van der Waals surface area contributed by atoms with Crippen LogP contribution in [0.25, 0.3) is 11.4 Å². The van der Waals surface area contributed by atoms with E-state index >= 15 is 0 Å². The molecular weight excluding hydrogens is 270 g/mol. The molecule has 2 N–H and O–H groups in total. The molecule has 0 spiro atoms. The lowest BCUT2D eigenvalue weighted by molar-refractivity contribution is 0.0939. The second kappa shape index (κ2) is 6.99. The molecule has 0 aliphatic heterocycles. The summed E-state index contributed by atoms with van der Waals surface area (Å²) >= 11 is 0. The van der Waals surface area contributed by atoms with Crippen LogP contribution >= 0.6 is 0 Å². The molecule has 0 aliphatic carbocycles. The van der Waals surface area contributed by atoms with Crippen molar-refractivity contribution in [2.75, 3.05) is 6.54 Å². The highest BCUT2D eigenvalue weighted by molar-refractivity contribution is 5.94. The van der Waals surface area contributed by atoms with E-state index in [1.807, 2.05) is 6.92 Å². The molecule has 1 aromatic heterocycles. The number of amides is 1. The van der Waals surface area contributed by atoms with Gasteiger partial charge in [-0.2, -0.15) is 4.98 Å². The second-order valence-electron chi connectivity index (χ2n) is 5.23. The molecule has 2 unspecified atom stereocenters. The van der Waals surface area contributed by atoms with Crippen molar-refractivity contribution in [3.8, 4) is 11.4 Å². The van der Waals surface area contributed by atoms with Crippen LogP contribution < -0.4 is 5.32 Å². The maximum Gasteiger partial charge on any atom is 0.251 e. The average molecular weight is 289 g/mol. The fraction of sp³-hybridized carbons (Fsp3) is 0.400. The third-order valence-corrected chi connectivity index (χ3v) is 3.12. The lowest BCUT2D eigenvalue weighted by Gasteiger charge is -2.14. The Labute approximate surface area is 123 Å². The van der Waals surface area contributed by atoms with Crippen LogP contribution in [0.3, 0.4) is 0 Å². The average Bonchev–Trinajstić information content (AvgIpc) is 2.98. The number of rotatable bonds is 6. The summed E-state index contributed by atoms with van der Waals surface area (Å²) in [6.07, 6.45) is 1.57. The third kappa shape index (κ3) is 4.39. The van der Waals surface area contributed by atoms with E-state index in [0.717, 1.165) is 5.56 Å². The van der Waals surface area contributed by atoms with E-state index in [4.69, 9.17) is 0 Å². The maximum absolute atomic E-state index is 12.0. The zero-order chi connectivity index (χ0) is 15.2. The smallest absolute Gasteiger partial charge is 0.251 e. The first kappa shape index (κ1) is 15.2. The number of hydrogen-bond donors (Lipinski definition) is 2. The molecule has 2 aromatic rings. The summed E-state index contributed by atoms with van der Waals surface area (Å²) in [5.41, 5.74) is 1.37. The van der Waals surface area contributed by atoms with Gasteiger partial charge in [-0.1, -0.05) is 24.2 Å². The van der Waals surface area contributed by atoms with Crippen LogP contribution in [0.2, 0.25) is 0 Å². The van der Waals surface area contributed by atoms with Gasteiger partial charge in [0.25, 0.3) is 5.91 Å². The van der Waals surface area contributed by atoms with Crippen LogP contribution in [-0.4, -0.2) is 33.8 Å². The van der Waals surface area contributed by atoms with Crippen molar-refractivity contribution in [3.63, 3.8) is 0 Å². The molecule has 2 atom stereocenters. The van der Waals surface area contributed by atoms with Crippen molar-refractivity contribution in [2.24, 2.45) is 5.92 Å². The summed E-state index contributed by atoms with van der Waals surface area (Å²) in [5.74, 6) is 0.590. The Kier molecular flexibility index (Phi) is 5.05. The molecule has 0 saturated heterocycles. The fourth-order valence-electron chi connectivity index (χ4n) is 2.10. The summed E-state index contributed by atoms with van der Waals surface area (Å²) in [6.45, 7) is 4.28. The summed E-state index contributed by atoms with van der Waals surface area (Å²) in [6, 6.07) is 7.00. The number of aromatic nitrogens is 2. The highest BCUT2D eigenvalue weighted by Gasteiger charge is 2.10. The van der Waals surface area contributed by atoms with Gasteiger partial charge in [-0.25, -0.2) is 0 Å². The van der Waals surface area contributed by atoms with E-state index in [1.54, 1.807) is 31.2 Å². The van der Waals surface area contributed by atoms with Gasteiger partial charge in [-0.05, 0) is 31.4 Å². The van der Waals surface area contributed by atoms with E-state index in [9.17, 15) is 9.90 Å². The van der Waals surface area contributed by atoms with Crippen LogP contribution in [0.1, 0.15) is 30.6 Å². The van der Waals surface area contributed by atoms with Crippen LogP contribution in [0.15, 0.2) is 35.2 Å². The van der Waals surface area contributed by atoms with Crippen LogP contribution in [0, 0.1) is 5.92 Å². The molecular formula is C15H19N3O3. The lowest BCUT2D eigenvalue weighted by atomic mass is 10.0. The van der Waals surface area contributed by atoms with Gasteiger partial charge in [0.05, 0.1) is 6.10 Å². The standard InChI is InChI=1S/C15H19N3O3/c1-10(7-11(2)19)8-16-15(20)13-5-3-12(4-6-13)14-17-9-21-18-14/h3-6,9-11,19H,7-8H2,1-2H3,(H,16,20). The summed E-state index contributed by atoms with van der Waals surface area (Å²) in [5, 5.41) is 15.9. The first-order chi connectivity index (χ1) is 10.1. The van der Waals surface area contributed by atoms with Gasteiger partial charge in [0.15, 0.2) is 0 Å². The molecule has 0 bridgehead atoms. The van der Waals surface area contributed by atoms with E-state index in [-0.39, 0.29) is 17.9 Å². The molecule has 112 valence electrons. The first-order valence-electron chi connectivity index (χ1n) is 6.89. The molecule has 6 heteroatoms. The molecule has 1 amide bonds. The molecule has 1 heterocycles. The Bertz CT molecular complexity index is 564. The second-order valence-corrected chi connectivity index (χ2v) is 5.23. The monoisotopic (exact) mass is 289 g/mol. The van der Waals surface area contributed by atoms with Crippen molar-refractivity contribution in [1.82, 2.24) is 15.5 Å². The summed E-state index contributed by atoms with van der Waals surface area (Å²) in [7, 11) is 0. The highest BCUT2D eigenvalue weighted by Crippen LogP contribution is 2.15. The van der Waals surface area contributed by atoms with E-state index in [2.05, 4.69) is 20.0 Å². The molecule has 2 rings (SSSR count). The van der Waals surface area contributed by atoms with Crippen molar-refractivity contribution < 1.29 is 14.4 Å². The summed E-state index contributed by atoms with van der Waals surface area (Å²) < 4.78 is 4.68. The predicted octanol–water partition coefficient (Wildman–Crippen LogP) is 1.87. The van der Waals surface area contributed by atoms with Crippen LogP contribution in [0.4, 0.5) is 0 Å². The van der Waals surface area contributed by atoms with E-state index in [0.29, 0.717) is 24.4 Å². The first-order valence-corrected chi connectivity index (χ1v) is 6.89. The Morgan fingerprint density at radius 2 is 2.05 bits per heavy atom. The number of carbonyl (C=O) groups is 1. The van der Waals surface area contributed by atoms with Gasteiger partial charge in [-0.15, -0.1) is 0 Å². The minimum Gasteiger partial charge on any atom is -0.393 e. The maximum atomic E-state index is 12.0. The Balaban J connectivity index is 1.91. The van der Waals surface area contributed by atoms with Gasteiger partial charge >= 0.3 is 0 Å². The molecule has 6 nitrogen and oxygen atoms in total. The Morgan fingerprint density at radius 3 is 2.62 bits per heavy atom. The highest BCUT2D eigenvalue weighted by atomic mass is 16.5. The quantitative estimate of drug-likeness (QED) is 0.847. The minimum atomic E-state index is -0.355. The summed E-state index contributed by atoms with van der Waals surface area (Å²) in [4.78, 5) is 16.0. The largest absolute Gasteiger partial charge is 0.393 e. The van der Waals surface area contributed by atoms with Gasteiger partial charge in [0.1, 0.15) is 0 Å². The van der Waals surface area contributed by atoms with Gasteiger partial charge < -0.3 is 14.9 Å². The third-order valence-electron chi connectivity index (χ3n) is 3.12. The SMILES string of the molecule is CC(O)CC(C)CNC(=O)c1ccc(-c2ncon2)cc1.